The van der Waals surface area contributed by atoms with Crippen LogP contribution in [-0.4, -0.2) is 47.2 Å². The Morgan fingerprint density at radius 1 is 0.861 bits per heavy atom. The van der Waals surface area contributed by atoms with Crippen LogP contribution in [0.15, 0.2) is 82.2 Å². The summed E-state index contributed by atoms with van der Waals surface area (Å²) in [7, 11) is -2.34. The van der Waals surface area contributed by atoms with Crippen molar-refractivity contribution < 1.29 is 32.2 Å². The molecule has 190 valence electrons. The summed E-state index contributed by atoms with van der Waals surface area (Å²) in [5.74, 6) is -0.279. The summed E-state index contributed by atoms with van der Waals surface area (Å²) >= 11 is 3.30. The van der Waals surface area contributed by atoms with E-state index in [0.717, 1.165) is 8.78 Å². The Bertz CT molecular complexity index is 1280. The molecule has 0 saturated heterocycles. The monoisotopic (exact) mass is 576 g/mol. The molecule has 3 rings (SSSR count). The molecule has 0 aromatic heterocycles. The standard InChI is InChI=1S/C25H25BrN2O7S/c1-3-33-21-12-14-23(15-13-21)36(31,32)28(2)20-8-10-22(11-9-20)34-17-25(30)35-16-24(29)27-19-6-4-18(26)5-7-19/h4-15H,3,16-17H2,1-2H3,(H,27,29). The number of halogens is 1. The molecule has 0 fully saturated rings. The highest BCUT2D eigenvalue weighted by atomic mass is 79.9. The molecule has 3 aromatic rings. The first-order valence-corrected chi connectivity index (χ1v) is 13.1. The lowest BCUT2D eigenvalue weighted by Gasteiger charge is -2.20. The molecule has 0 aliphatic rings. The molecule has 0 aliphatic heterocycles. The van der Waals surface area contributed by atoms with Crippen LogP contribution in [0.4, 0.5) is 11.4 Å². The summed E-state index contributed by atoms with van der Waals surface area (Å²) in [6.07, 6.45) is 0. The van der Waals surface area contributed by atoms with Gasteiger partial charge in [-0.2, -0.15) is 0 Å². The van der Waals surface area contributed by atoms with Gasteiger partial charge in [-0.05, 0) is 79.7 Å². The van der Waals surface area contributed by atoms with Crippen molar-refractivity contribution in [2.75, 3.05) is 36.5 Å². The van der Waals surface area contributed by atoms with Gasteiger partial charge >= 0.3 is 5.97 Å². The third-order valence-corrected chi connectivity index (χ3v) is 7.17. The van der Waals surface area contributed by atoms with Crippen LogP contribution in [0, 0.1) is 0 Å². The molecule has 3 aromatic carbocycles. The van der Waals surface area contributed by atoms with Gasteiger partial charge < -0.3 is 19.5 Å². The molecule has 9 nitrogen and oxygen atoms in total. The van der Waals surface area contributed by atoms with E-state index in [1.54, 1.807) is 48.5 Å². The van der Waals surface area contributed by atoms with Crippen molar-refractivity contribution in [1.82, 2.24) is 0 Å². The molecule has 0 radical (unpaired) electrons. The van der Waals surface area contributed by atoms with Crippen LogP contribution in [-0.2, 0) is 24.3 Å². The Kier molecular flexibility index (Phi) is 9.31. The van der Waals surface area contributed by atoms with E-state index < -0.39 is 35.1 Å². The summed E-state index contributed by atoms with van der Waals surface area (Å²) in [5.41, 5.74) is 0.980. The smallest absolute Gasteiger partial charge is 0.344 e. The van der Waals surface area contributed by atoms with Crippen LogP contribution in [0.5, 0.6) is 11.5 Å². The molecule has 0 spiro atoms. The van der Waals surface area contributed by atoms with Crippen molar-refractivity contribution >= 4 is 49.2 Å². The minimum absolute atomic E-state index is 0.126. The highest BCUT2D eigenvalue weighted by molar-refractivity contribution is 9.10. The number of esters is 1. The van der Waals surface area contributed by atoms with Crippen LogP contribution in [0.1, 0.15) is 6.92 Å². The third kappa shape index (κ3) is 7.46. The fourth-order valence-corrected chi connectivity index (χ4v) is 4.44. The Morgan fingerprint density at radius 2 is 1.44 bits per heavy atom. The Hall–Kier alpha value is -3.57. The normalized spacial score (nSPS) is 10.9. The van der Waals surface area contributed by atoms with Crippen molar-refractivity contribution in [2.45, 2.75) is 11.8 Å². The lowest BCUT2D eigenvalue weighted by molar-refractivity contribution is -0.149. The van der Waals surface area contributed by atoms with E-state index in [9.17, 15) is 18.0 Å². The maximum Gasteiger partial charge on any atom is 0.344 e. The van der Waals surface area contributed by atoms with Crippen molar-refractivity contribution in [3.63, 3.8) is 0 Å². The first-order chi connectivity index (χ1) is 17.2. The van der Waals surface area contributed by atoms with E-state index in [1.165, 1.54) is 31.3 Å². The molecule has 0 saturated carbocycles. The minimum atomic E-state index is -3.78. The second kappa shape index (κ2) is 12.4. The van der Waals surface area contributed by atoms with Crippen LogP contribution < -0.4 is 19.1 Å². The molecular formula is C25H25BrN2O7S. The van der Waals surface area contributed by atoms with Crippen LogP contribution in [0.3, 0.4) is 0 Å². The summed E-state index contributed by atoms with van der Waals surface area (Å²) in [6.45, 7) is 1.47. The van der Waals surface area contributed by atoms with E-state index in [2.05, 4.69) is 21.2 Å². The number of rotatable bonds is 11. The molecule has 0 bridgehead atoms. The first-order valence-electron chi connectivity index (χ1n) is 10.8. The van der Waals surface area contributed by atoms with Crippen molar-refractivity contribution in [3.05, 3.63) is 77.3 Å². The van der Waals surface area contributed by atoms with Gasteiger partial charge in [0.2, 0.25) is 0 Å². The molecule has 11 heteroatoms. The van der Waals surface area contributed by atoms with Gasteiger partial charge in [0.25, 0.3) is 15.9 Å². The average Bonchev–Trinajstić information content (AvgIpc) is 2.88. The minimum Gasteiger partial charge on any atom is -0.494 e. The highest BCUT2D eigenvalue weighted by Crippen LogP contribution is 2.25. The zero-order valence-corrected chi connectivity index (χ0v) is 22.0. The first kappa shape index (κ1) is 27.0. The number of sulfonamides is 1. The van der Waals surface area contributed by atoms with Gasteiger partial charge in [0.1, 0.15) is 11.5 Å². The quantitative estimate of drug-likeness (QED) is 0.340. The Morgan fingerprint density at radius 3 is 2.06 bits per heavy atom. The molecule has 0 heterocycles. The average molecular weight is 577 g/mol. The number of ether oxygens (including phenoxy) is 3. The van der Waals surface area contributed by atoms with Crippen LogP contribution >= 0.6 is 15.9 Å². The van der Waals surface area contributed by atoms with Crippen molar-refractivity contribution in [3.8, 4) is 11.5 Å². The summed E-state index contributed by atoms with van der Waals surface area (Å²) in [6, 6.07) is 19.3. The van der Waals surface area contributed by atoms with Crippen LogP contribution in [0.25, 0.3) is 0 Å². The zero-order valence-electron chi connectivity index (χ0n) is 19.6. The zero-order chi connectivity index (χ0) is 26.1. The second-order valence-electron chi connectivity index (χ2n) is 7.38. The van der Waals surface area contributed by atoms with Gasteiger partial charge in [-0.25, -0.2) is 13.2 Å². The lowest BCUT2D eigenvalue weighted by atomic mass is 10.3. The number of carbonyl (C=O) groups excluding carboxylic acids is 2. The Labute approximate surface area is 218 Å². The topological polar surface area (TPSA) is 111 Å². The number of nitrogens with zero attached hydrogens (tertiary/aromatic N) is 1. The molecule has 0 atom stereocenters. The fourth-order valence-electron chi connectivity index (χ4n) is 2.98. The summed E-state index contributed by atoms with van der Waals surface area (Å²) in [5, 5.41) is 2.61. The van der Waals surface area contributed by atoms with Gasteiger partial charge in [-0.1, -0.05) is 15.9 Å². The SMILES string of the molecule is CCOc1ccc(S(=O)(=O)N(C)c2ccc(OCC(=O)OCC(=O)Nc3ccc(Br)cc3)cc2)cc1. The largest absolute Gasteiger partial charge is 0.494 e. The van der Waals surface area contributed by atoms with E-state index >= 15 is 0 Å². The molecule has 0 aliphatic carbocycles. The number of amides is 1. The van der Waals surface area contributed by atoms with E-state index in [4.69, 9.17) is 14.2 Å². The van der Waals surface area contributed by atoms with Crippen LogP contribution in [0.2, 0.25) is 0 Å². The summed E-state index contributed by atoms with van der Waals surface area (Å²) < 4.78 is 43.5. The predicted molar refractivity (Wildman–Crippen MR) is 139 cm³/mol. The maximum atomic E-state index is 12.9. The van der Waals surface area contributed by atoms with Gasteiger partial charge in [0, 0.05) is 17.2 Å². The molecule has 1 amide bonds. The lowest BCUT2D eigenvalue weighted by Crippen LogP contribution is -2.26. The number of anilines is 2. The van der Waals surface area contributed by atoms with Crippen molar-refractivity contribution in [1.29, 1.82) is 0 Å². The van der Waals surface area contributed by atoms with E-state index in [-0.39, 0.29) is 4.90 Å². The van der Waals surface area contributed by atoms with Gasteiger partial charge in [-0.15, -0.1) is 0 Å². The van der Waals surface area contributed by atoms with E-state index in [0.29, 0.717) is 29.5 Å². The fraction of sp³-hybridized carbons (Fsp3) is 0.200. The second-order valence-corrected chi connectivity index (χ2v) is 10.3. The van der Waals surface area contributed by atoms with Crippen molar-refractivity contribution in [2.24, 2.45) is 0 Å². The molecule has 1 N–H and O–H groups in total. The molecular weight excluding hydrogens is 552 g/mol. The number of hydrogen-bond donors (Lipinski definition) is 1. The number of benzene rings is 3. The number of nitrogens with one attached hydrogen (secondary N) is 1. The maximum absolute atomic E-state index is 12.9. The van der Waals surface area contributed by atoms with E-state index in [1.807, 2.05) is 6.92 Å². The van der Waals surface area contributed by atoms with Gasteiger partial charge in [0.05, 0.1) is 17.2 Å². The number of carbonyl (C=O) groups is 2. The Balaban J connectivity index is 1.49. The highest BCUT2D eigenvalue weighted by Gasteiger charge is 2.21. The van der Waals surface area contributed by atoms with Gasteiger partial charge in [0.15, 0.2) is 13.2 Å². The number of hydrogen-bond acceptors (Lipinski definition) is 7. The predicted octanol–water partition coefficient (Wildman–Crippen LogP) is 4.23. The van der Waals surface area contributed by atoms with Gasteiger partial charge in [-0.3, -0.25) is 9.10 Å². The molecule has 36 heavy (non-hydrogen) atoms. The summed E-state index contributed by atoms with van der Waals surface area (Å²) in [4.78, 5) is 23.9. The third-order valence-electron chi connectivity index (χ3n) is 4.84. The molecule has 0 unspecified atom stereocenters.